The highest BCUT2D eigenvalue weighted by Crippen LogP contribution is 2.19. The zero-order valence-corrected chi connectivity index (χ0v) is 9.96. The summed E-state index contributed by atoms with van der Waals surface area (Å²) in [6, 6.07) is 0. The van der Waals surface area contributed by atoms with E-state index in [1.165, 1.54) is 0 Å². The van der Waals surface area contributed by atoms with Crippen molar-refractivity contribution in [1.82, 2.24) is 14.7 Å². The van der Waals surface area contributed by atoms with E-state index in [0.717, 1.165) is 12.8 Å². The third kappa shape index (κ3) is 2.41. The third-order valence-electron chi connectivity index (χ3n) is 3.22. The fourth-order valence-electron chi connectivity index (χ4n) is 2.14. The minimum absolute atomic E-state index is 0.112. The largest absolute Gasteiger partial charge is 0.396 e. The Morgan fingerprint density at radius 2 is 2.24 bits per heavy atom. The average Bonchev–Trinajstić information content (AvgIpc) is 2.68. The predicted octanol–water partition coefficient (Wildman–Crippen LogP) is -0.153. The van der Waals surface area contributed by atoms with Gasteiger partial charge in [-0.2, -0.15) is 5.10 Å². The van der Waals surface area contributed by atoms with Crippen LogP contribution in [-0.2, 0) is 7.05 Å². The van der Waals surface area contributed by atoms with Crippen LogP contribution in [0.15, 0.2) is 6.20 Å². The van der Waals surface area contributed by atoms with Gasteiger partial charge in [-0.1, -0.05) is 0 Å². The molecule has 1 aromatic heterocycles. The third-order valence-corrected chi connectivity index (χ3v) is 3.22. The minimum Gasteiger partial charge on any atom is -0.396 e. The second-order valence-corrected chi connectivity index (χ2v) is 4.52. The molecule has 1 aliphatic heterocycles. The van der Waals surface area contributed by atoms with Gasteiger partial charge in [0.05, 0.1) is 5.69 Å². The van der Waals surface area contributed by atoms with Crippen molar-refractivity contribution in [3.8, 4) is 0 Å². The highest BCUT2D eigenvalue weighted by molar-refractivity contribution is 5.97. The number of amides is 1. The number of hydrogen-bond donors (Lipinski definition) is 2. The van der Waals surface area contributed by atoms with Crippen LogP contribution in [0.1, 0.15) is 23.3 Å². The normalized spacial score (nSPS) is 17.4. The molecule has 1 saturated heterocycles. The Bertz CT molecular complexity index is 408. The number of anilines is 1. The van der Waals surface area contributed by atoms with E-state index < -0.39 is 0 Å². The van der Waals surface area contributed by atoms with Crippen molar-refractivity contribution in [3.63, 3.8) is 0 Å². The quantitative estimate of drug-likeness (QED) is 0.750. The fraction of sp³-hybridized carbons (Fsp3) is 0.636. The number of nitrogen functional groups attached to an aromatic ring is 1. The lowest BCUT2D eigenvalue weighted by molar-refractivity contribution is 0.0645. The van der Waals surface area contributed by atoms with Crippen molar-refractivity contribution in [2.24, 2.45) is 13.0 Å². The molecule has 94 valence electrons. The molecular formula is C11H18N4O2. The van der Waals surface area contributed by atoms with Crippen LogP contribution in [0, 0.1) is 5.92 Å². The Morgan fingerprint density at radius 3 is 2.71 bits per heavy atom. The number of piperidine rings is 1. The van der Waals surface area contributed by atoms with Crippen molar-refractivity contribution >= 4 is 11.6 Å². The number of rotatable bonds is 2. The summed E-state index contributed by atoms with van der Waals surface area (Å²) >= 11 is 0. The summed E-state index contributed by atoms with van der Waals surface area (Å²) < 4.78 is 1.54. The molecule has 0 saturated carbocycles. The molecule has 2 heterocycles. The van der Waals surface area contributed by atoms with Gasteiger partial charge in [0.15, 0.2) is 5.69 Å². The first-order valence-electron chi connectivity index (χ1n) is 5.81. The topological polar surface area (TPSA) is 84.4 Å². The summed E-state index contributed by atoms with van der Waals surface area (Å²) in [7, 11) is 1.74. The van der Waals surface area contributed by atoms with Gasteiger partial charge in [-0.15, -0.1) is 0 Å². The van der Waals surface area contributed by atoms with Crippen LogP contribution < -0.4 is 5.73 Å². The van der Waals surface area contributed by atoms with Crippen LogP contribution in [-0.4, -0.2) is 45.4 Å². The van der Waals surface area contributed by atoms with Crippen molar-refractivity contribution < 1.29 is 9.90 Å². The standard InChI is InChI=1S/C11H18N4O2/c1-14-6-9(12)10(13-14)11(17)15-4-2-8(7-16)3-5-15/h6,8,16H,2-5,7,12H2,1H3. The number of hydrogen-bond acceptors (Lipinski definition) is 4. The molecule has 3 N–H and O–H groups in total. The van der Waals surface area contributed by atoms with Crippen LogP contribution in [0.4, 0.5) is 5.69 Å². The summed E-state index contributed by atoms with van der Waals surface area (Å²) in [6.07, 6.45) is 3.32. The summed E-state index contributed by atoms with van der Waals surface area (Å²) in [5.74, 6) is 0.208. The summed E-state index contributed by atoms with van der Waals surface area (Å²) in [5, 5.41) is 13.1. The van der Waals surface area contributed by atoms with Gasteiger partial charge < -0.3 is 15.7 Å². The van der Waals surface area contributed by atoms with Crippen molar-refractivity contribution in [3.05, 3.63) is 11.9 Å². The van der Waals surface area contributed by atoms with E-state index in [1.54, 1.807) is 22.8 Å². The molecule has 0 unspecified atom stereocenters. The first-order valence-corrected chi connectivity index (χ1v) is 5.81. The van der Waals surface area contributed by atoms with E-state index in [4.69, 9.17) is 10.8 Å². The maximum absolute atomic E-state index is 12.1. The second-order valence-electron chi connectivity index (χ2n) is 4.52. The van der Waals surface area contributed by atoms with Gasteiger partial charge in [0.25, 0.3) is 5.91 Å². The lowest BCUT2D eigenvalue weighted by atomic mass is 9.98. The number of aromatic nitrogens is 2. The van der Waals surface area contributed by atoms with E-state index in [1.807, 2.05) is 0 Å². The van der Waals surface area contributed by atoms with Gasteiger partial charge in [-0.3, -0.25) is 9.48 Å². The van der Waals surface area contributed by atoms with Gasteiger partial charge in [-0.25, -0.2) is 0 Å². The van der Waals surface area contributed by atoms with E-state index in [-0.39, 0.29) is 12.5 Å². The molecule has 0 radical (unpaired) electrons. The smallest absolute Gasteiger partial charge is 0.276 e. The molecule has 17 heavy (non-hydrogen) atoms. The molecular weight excluding hydrogens is 220 g/mol. The van der Waals surface area contributed by atoms with E-state index in [0.29, 0.717) is 30.4 Å². The summed E-state index contributed by atoms with van der Waals surface area (Å²) in [5.41, 5.74) is 6.48. The SMILES string of the molecule is Cn1cc(N)c(C(=O)N2CCC(CO)CC2)n1. The van der Waals surface area contributed by atoms with E-state index >= 15 is 0 Å². The minimum atomic E-state index is -0.112. The zero-order chi connectivity index (χ0) is 12.4. The molecule has 0 atom stereocenters. The molecule has 6 nitrogen and oxygen atoms in total. The van der Waals surface area contributed by atoms with Crippen LogP contribution in [0.5, 0.6) is 0 Å². The molecule has 1 amide bonds. The number of carbonyl (C=O) groups excluding carboxylic acids is 1. The van der Waals surface area contributed by atoms with Crippen molar-refractivity contribution in [2.45, 2.75) is 12.8 Å². The molecule has 6 heteroatoms. The maximum Gasteiger partial charge on any atom is 0.276 e. The van der Waals surface area contributed by atoms with Gasteiger partial charge in [0.2, 0.25) is 0 Å². The Balaban J connectivity index is 2.04. The van der Waals surface area contributed by atoms with Crippen LogP contribution in [0.2, 0.25) is 0 Å². The average molecular weight is 238 g/mol. The lowest BCUT2D eigenvalue weighted by Crippen LogP contribution is -2.39. The van der Waals surface area contributed by atoms with Crippen LogP contribution in [0.3, 0.4) is 0 Å². The number of carbonyl (C=O) groups is 1. The zero-order valence-electron chi connectivity index (χ0n) is 9.96. The van der Waals surface area contributed by atoms with Crippen LogP contribution >= 0.6 is 0 Å². The van der Waals surface area contributed by atoms with Crippen molar-refractivity contribution in [2.75, 3.05) is 25.4 Å². The molecule has 2 rings (SSSR count). The molecule has 1 fully saturated rings. The second kappa shape index (κ2) is 4.75. The highest BCUT2D eigenvalue weighted by atomic mass is 16.3. The van der Waals surface area contributed by atoms with E-state index in [2.05, 4.69) is 5.10 Å². The molecule has 0 spiro atoms. The molecule has 0 bridgehead atoms. The van der Waals surface area contributed by atoms with Crippen molar-refractivity contribution in [1.29, 1.82) is 0 Å². The van der Waals surface area contributed by atoms with Gasteiger partial charge in [-0.05, 0) is 18.8 Å². The Labute approximate surface area is 100 Å². The number of aliphatic hydroxyl groups is 1. The fourth-order valence-corrected chi connectivity index (χ4v) is 2.14. The predicted molar refractivity (Wildman–Crippen MR) is 63.3 cm³/mol. The van der Waals surface area contributed by atoms with E-state index in [9.17, 15) is 4.79 Å². The summed E-state index contributed by atoms with van der Waals surface area (Å²) in [6.45, 7) is 1.54. The van der Waals surface area contributed by atoms with Gasteiger partial charge in [0, 0.05) is 32.9 Å². The van der Waals surface area contributed by atoms with Crippen LogP contribution in [0.25, 0.3) is 0 Å². The number of nitrogens with zero attached hydrogens (tertiary/aromatic N) is 3. The number of nitrogens with two attached hydrogens (primary N) is 1. The first-order chi connectivity index (χ1) is 8.11. The number of aryl methyl sites for hydroxylation is 1. The summed E-state index contributed by atoms with van der Waals surface area (Å²) in [4.78, 5) is 13.9. The lowest BCUT2D eigenvalue weighted by Gasteiger charge is -2.30. The molecule has 0 aliphatic carbocycles. The monoisotopic (exact) mass is 238 g/mol. The Hall–Kier alpha value is -1.56. The Morgan fingerprint density at radius 1 is 1.59 bits per heavy atom. The number of aliphatic hydroxyl groups excluding tert-OH is 1. The van der Waals surface area contributed by atoms with Gasteiger partial charge >= 0.3 is 0 Å². The van der Waals surface area contributed by atoms with Gasteiger partial charge in [0.1, 0.15) is 0 Å². The molecule has 1 aromatic rings. The number of likely N-dealkylation sites (tertiary alicyclic amines) is 1. The highest BCUT2D eigenvalue weighted by Gasteiger charge is 2.25. The molecule has 1 aliphatic rings. The maximum atomic E-state index is 12.1. The Kier molecular flexibility index (Phi) is 3.33. The first kappa shape index (κ1) is 11.9. The molecule has 0 aromatic carbocycles.